The summed E-state index contributed by atoms with van der Waals surface area (Å²) in [6.45, 7) is 1.51. The van der Waals surface area contributed by atoms with Crippen LogP contribution in [0.4, 0.5) is 0 Å². The highest BCUT2D eigenvalue weighted by molar-refractivity contribution is 5.83. The van der Waals surface area contributed by atoms with Crippen LogP contribution >= 0.6 is 0 Å². The van der Waals surface area contributed by atoms with Gasteiger partial charge in [0, 0.05) is 20.5 Å². The maximum absolute atomic E-state index is 11.2. The van der Waals surface area contributed by atoms with Crippen LogP contribution in [0.1, 0.15) is 6.92 Å². The van der Waals surface area contributed by atoms with E-state index in [0.29, 0.717) is 0 Å². The topological polar surface area (TPSA) is 96.5 Å². The average Bonchev–Trinajstić information content (AvgIpc) is 2.25. The third-order valence-electron chi connectivity index (χ3n) is 1.78. The summed E-state index contributed by atoms with van der Waals surface area (Å²) in [6, 6.07) is -0.785. The first-order chi connectivity index (χ1) is 7.51. The number of esters is 1. The van der Waals surface area contributed by atoms with Gasteiger partial charge in [-0.15, -0.1) is 0 Å². The van der Waals surface area contributed by atoms with Gasteiger partial charge in [0.2, 0.25) is 11.8 Å². The Balaban J connectivity index is 4.06. The molecule has 0 aliphatic carbocycles. The standard InChI is InChI=1S/C9H17N3O4/c1-6(13)12-7(9(15)16-3)4-11-5-8(14)10-2/h7,11H,4-5H2,1-3H3,(H,10,14)(H,12,13). The minimum atomic E-state index is -0.785. The van der Waals surface area contributed by atoms with E-state index in [1.54, 1.807) is 0 Å². The second-order valence-corrected chi connectivity index (χ2v) is 3.08. The zero-order chi connectivity index (χ0) is 12.6. The maximum atomic E-state index is 11.2. The van der Waals surface area contributed by atoms with E-state index in [1.165, 1.54) is 21.1 Å². The maximum Gasteiger partial charge on any atom is 0.329 e. The number of carbonyl (C=O) groups excluding carboxylic acids is 3. The molecule has 0 rings (SSSR count). The van der Waals surface area contributed by atoms with Crippen LogP contribution < -0.4 is 16.0 Å². The van der Waals surface area contributed by atoms with Gasteiger partial charge in [-0.2, -0.15) is 0 Å². The number of likely N-dealkylation sites (N-methyl/N-ethyl adjacent to an activating group) is 1. The summed E-state index contributed by atoms with van der Waals surface area (Å²) in [5, 5.41) is 7.56. The zero-order valence-corrected chi connectivity index (χ0v) is 9.62. The van der Waals surface area contributed by atoms with Gasteiger partial charge in [0.1, 0.15) is 6.04 Å². The van der Waals surface area contributed by atoms with Crippen LogP contribution in [0.2, 0.25) is 0 Å². The molecule has 7 nitrogen and oxygen atoms in total. The van der Waals surface area contributed by atoms with E-state index < -0.39 is 12.0 Å². The predicted octanol–water partition coefficient (Wildman–Crippen LogP) is -2.00. The van der Waals surface area contributed by atoms with Crippen molar-refractivity contribution in [2.24, 2.45) is 0 Å². The van der Waals surface area contributed by atoms with Crippen molar-refractivity contribution in [3.8, 4) is 0 Å². The van der Waals surface area contributed by atoms with Crippen LogP contribution in [0.3, 0.4) is 0 Å². The molecule has 1 unspecified atom stereocenters. The number of rotatable bonds is 6. The van der Waals surface area contributed by atoms with E-state index in [4.69, 9.17) is 0 Å². The lowest BCUT2D eigenvalue weighted by Crippen LogP contribution is -2.48. The molecule has 2 amide bonds. The Morgan fingerprint density at radius 3 is 2.38 bits per heavy atom. The number of carbonyl (C=O) groups is 3. The third-order valence-corrected chi connectivity index (χ3v) is 1.78. The minimum Gasteiger partial charge on any atom is -0.467 e. The summed E-state index contributed by atoms with van der Waals surface area (Å²) in [7, 11) is 2.74. The molecule has 0 aliphatic rings. The molecule has 0 aromatic carbocycles. The van der Waals surface area contributed by atoms with Crippen molar-refractivity contribution < 1.29 is 19.1 Å². The molecular weight excluding hydrogens is 214 g/mol. The number of nitrogens with one attached hydrogen (secondary N) is 3. The number of amides is 2. The fourth-order valence-corrected chi connectivity index (χ4v) is 0.999. The first kappa shape index (κ1) is 14.4. The largest absolute Gasteiger partial charge is 0.467 e. The van der Waals surface area contributed by atoms with Gasteiger partial charge < -0.3 is 20.7 Å². The van der Waals surface area contributed by atoms with Crippen molar-refractivity contribution in [2.75, 3.05) is 27.2 Å². The Kier molecular flexibility index (Phi) is 6.86. The summed E-state index contributed by atoms with van der Waals surface area (Å²) in [5.74, 6) is -1.09. The van der Waals surface area contributed by atoms with Crippen LogP contribution in [-0.4, -0.2) is 51.1 Å². The monoisotopic (exact) mass is 231 g/mol. The normalized spacial score (nSPS) is 11.4. The van der Waals surface area contributed by atoms with Gasteiger partial charge >= 0.3 is 5.97 Å². The molecule has 0 radical (unpaired) electrons. The smallest absolute Gasteiger partial charge is 0.329 e. The summed E-state index contributed by atoms with van der Waals surface area (Å²) in [5.41, 5.74) is 0. The first-order valence-electron chi connectivity index (χ1n) is 4.77. The molecule has 0 fully saturated rings. The summed E-state index contributed by atoms with van der Waals surface area (Å²) < 4.78 is 4.50. The number of hydrogen-bond donors (Lipinski definition) is 3. The van der Waals surface area contributed by atoms with E-state index >= 15 is 0 Å². The number of methoxy groups -OCH3 is 1. The Morgan fingerprint density at radius 2 is 1.94 bits per heavy atom. The van der Waals surface area contributed by atoms with Crippen LogP contribution in [0.5, 0.6) is 0 Å². The molecule has 3 N–H and O–H groups in total. The molecule has 0 spiro atoms. The summed E-state index contributed by atoms with van der Waals surface area (Å²) in [6.07, 6.45) is 0. The zero-order valence-electron chi connectivity index (χ0n) is 9.62. The molecule has 1 atom stereocenters. The van der Waals surface area contributed by atoms with E-state index in [2.05, 4.69) is 20.7 Å². The van der Waals surface area contributed by atoms with Crippen molar-refractivity contribution in [2.45, 2.75) is 13.0 Å². The highest BCUT2D eigenvalue weighted by Crippen LogP contribution is 1.86. The van der Waals surface area contributed by atoms with E-state index in [-0.39, 0.29) is 24.9 Å². The van der Waals surface area contributed by atoms with Crippen molar-refractivity contribution in [3.05, 3.63) is 0 Å². The van der Waals surface area contributed by atoms with Crippen LogP contribution in [0.15, 0.2) is 0 Å². The lowest BCUT2D eigenvalue weighted by atomic mass is 10.3. The predicted molar refractivity (Wildman–Crippen MR) is 56.6 cm³/mol. The average molecular weight is 231 g/mol. The van der Waals surface area contributed by atoms with E-state index in [0.717, 1.165) is 0 Å². The van der Waals surface area contributed by atoms with Gasteiger partial charge in [0.25, 0.3) is 0 Å². The summed E-state index contributed by atoms with van der Waals surface area (Å²) >= 11 is 0. The summed E-state index contributed by atoms with van der Waals surface area (Å²) in [4.78, 5) is 32.9. The van der Waals surface area contributed by atoms with Crippen LogP contribution in [0, 0.1) is 0 Å². The van der Waals surface area contributed by atoms with Gasteiger partial charge in [-0.25, -0.2) is 4.79 Å². The van der Waals surface area contributed by atoms with E-state index in [9.17, 15) is 14.4 Å². The van der Waals surface area contributed by atoms with Gasteiger partial charge in [0.05, 0.1) is 13.7 Å². The molecule has 0 aromatic rings. The van der Waals surface area contributed by atoms with Crippen molar-refractivity contribution in [1.29, 1.82) is 0 Å². The highest BCUT2D eigenvalue weighted by Gasteiger charge is 2.19. The Morgan fingerprint density at radius 1 is 1.31 bits per heavy atom. The molecule has 0 saturated carbocycles. The van der Waals surface area contributed by atoms with Crippen molar-refractivity contribution in [3.63, 3.8) is 0 Å². The van der Waals surface area contributed by atoms with Crippen molar-refractivity contribution >= 4 is 17.8 Å². The van der Waals surface area contributed by atoms with Gasteiger partial charge in [0.15, 0.2) is 0 Å². The fourth-order valence-electron chi connectivity index (χ4n) is 0.999. The molecule has 0 aromatic heterocycles. The van der Waals surface area contributed by atoms with Crippen molar-refractivity contribution in [1.82, 2.24) is 16.0 Å². The number of ether oxygens (including phenoxy) is 1. The first-order valence-corrected chi connectivity index (χ1v) is 4.77. The molecule has 92 valence electrons. The van der Waals surface area contributed by atoms with E-state index in [1.807, 2.05) is 0 Å². The molecular formula is C9H17N3O4. The lowest BCUT2D eigenvalue weighted by molar-refractivity contribution is -0.144. The SMILES string of the molecule is CNC(=O)CNCC(NC(C)=O)C(=O)OC. The quantitative estimate of drug-likeness (QED) is 0.459. The molecule has 7 heteroatoms. The minimum absolute atomic E-state index is 0.0730. The lowest BCUT2D eigenvalue weighted by Gasteiger charge is -2.15. The van der Waals surface area contributed by atoms with Gasteiger partial charge in [-0.1, -0.05) is 0 Å². The van der Waals surface area contributed by atoms with Gasteiger partial charge in [-0.3, -0.25) is 9.59 Å². The number of hydrogen-bond acceptors (Lipinski definition) is 5. The molecule has 0 heterocycles. The molecule has 0 saturated heterocycles. The van der Waals surface area contributed by atoms with Crippen LogP contribution in [0.25, 0.3) is 0 Å². The third kappa shape index (κ3) is 5.97. The Bertz CT molecular complexity index is 267. The molecule has 0 aliphatic heterocycles. The van der Waals surface area contributed by atoms with Crippen LogP contribution in [-0.2, 0) is 19.1 Å². The molecule has 16 heavy (non-hydrogen) atoms. The van der Waals surface area contributed by atoms with Gasteiger partial charge in [-0.05, 0) is 0 Å². The second-order valence-electron chi connectivity index (χ2n) is 3.08. The fraction of sp³-hybridized carbons (Fsp3) is 0.667. The molecule has 0 bridgehead atoms. The second kappa shape index (κ2) is 7.63. The Labute approximate surface area is 93.9 Å². The highest BCUT2D eigenvalue weighted by atomic mass is 16.5. The Hall–Kier alpha value is -1.63.